The van der Waals surface area contributed by atoms with Crippen LogP contribution in [-0.4, -0.2) is 27.1 Å². The molecule has 30 heavy (non-hydrogen) atoms. The molecule has 1 fully saturated rings. The Morgan fingerprint density at radius 1 is 0.967 bits per heavy atom. The molecule has 0 aliphatic heterocycles. The lowest BCUT2D eigenvalue weighted by Crippen LogP contribution is -2.26. The van der Waals surface area contributed by atoms with E-state index in [1.165, 1.54) is 38.5 Å². The molecule has 0 radical (unpaired) electrons. The molecule has 0 saturated heterocycles. The first-order chi connectivity index (χ1) is 14.5. The lowest BCUT2D eigenvalue weighted by Gasteiger charge is -2.14. The molecule has 5 nitrogen and oxygen atoms in total. The van der Waals surface area contributed by atoms with Gasteiger partial charge in [-0.1, -0.05) is 38.5 Å². The number of hydrogen-bond acceptors (Lipinski definition) is 4. The summed E-state index contributed by atoms with van der Waals surface area (Å²) in [5.41, 5.74) is 0.960. The van der Waals surface area contributed by atoms with Gasteiger partial charge in [0.1, 0.15) is 0 Å². The molecule has 2 N–H and O–H groups in total. The quantitative estimate of drug-likeness (QED) is 0.426. The lowest BCUT2D eigenvalue weighted by atomic mass is 9.97. The van der Waals surface area contributed by atoms with Gasteiger partial charge in [-0.3, -0.25) is 9.52 Å². The third kappa shape index (κ3) is 6.51. The molecule has 2 aromatic rings. The van der Waals surface area contributed by atoms with Crippen LogP contribution in [0.25, 0.3) is 0 Å². The van der Waals surface area contributed by atoms with Gasteiger partial charge >= 0.3 is 0 Å². The Bertz CT molecular complexity index is 918. The van der Waals surface area contributed by atoms with E-state index >= 15 is 0 Å². The molecular weight excluding hydrogens is 416 g/mol. The van der Waals surface area contributed by atoms with Crippen molar-refractivity contribution < 1.29 is 13.2 Å². The zero-order valence-corrected chi connectivity index (χ0v) is 19.0. The number of carbonyl (C=O) groups excluding carboxylic acids is 1. The van der Waals surface area contributed by atoms with E-state index in [0.29, 0.717) is 17.8 Å². The predicted octanol–water partition coefficient (Wildman–Crippen LogP) is 5.30. The minimum atomic E-state index is -3.66. The summed E-state index contributed by atoms with van der Waals surface area (Å²) < 4.78 is 27.6. The first-order valence-electron chi connectivity index (χ1n) is 10.5. The summed E-state index contributed by atoms with van der Waals surface area (Å²) in [5.74, 6) is 0.597. The minimum Gasteiger partial charge on any atom is -0.352 e. The number of hydrogen-bond donors (Lipinski definition) is 2. The van der Waals surface area contributed by atoms with Crippen molar-refractivity contribution in [1.29, 1.82) is 0 Å². The summed E-state index contributed by atoms with van der Waals surface area (Å²) in [4.78, 5) is 13.6. The van der Waals surface area contributed by atoms with Crippen LogP contribution in [0.4, 0.5) is 5.69 Å². The molecule has 162 valence electrons. The largest absolute Gasteiger partial charge is 0.352 e. The van der Waals surface area contributed by atoms with Crippen molar-refractivity contribution in [2.75, 3.05) is 17.5 Å². The molecule has 1 aliphatic carbocycles. The van der Waals surface area contributed by atoms with Crippen LogP contribution >= 0.6 is 11.8 Å². The van der Waals surface area contributed by atoms with Crippen LogP contribution in [0.3, 0.4) is 0 Å². The Kier molecular flexibility index (Phi) is 8.22. The number of thioether (sulfide) groups is 1. The number of nitrogens with one attached hydrogen (secondary N) is 2. The number of amides is 1. The second kappa shape index (κ2) is 10.9. The van der Waals surface area contributed by atoms with Crippen LogP contribution in [0.5, 0.6) is 0 Å². The highest BCUT2D eigenvalue weighted by Gasteiger charge is 2.15. The molecule has 0 heterocycles. The Morgan fingerprint density at radius 3 is 2.20 bits per heavy atom. The van der Waals surface area contributed by atoms with E-state index in [9.17, 15) is 13.2 Å². The fourth-order valence-electron chi connectivity index (χ4n) is 3.80. The van der Waals surface area contributed by atoms with E-state index in [4.69, 9.17) is 0 Å². The second-order valence-corrected chi connectivity index (χ2v) is 10.3. The molecular formula is C23H30N2O3S2. The van der Waals surface area contributed by atoms with Gasteiger partial charge in [0.15, 0.2) is 0 Å². The average molecular weight is 447 g/mol. The van der Waals surface area contributed by atoms with Crippen LogP contribution < -0.4 is 10.0 Å². The summed E-state index contributed by atoms with van der Waals surface area (Å²) in [5, 5.41) is 2.99. The van der Waals surface area contributed by atoms with Gasteiger partial charge in [0.2, 0.25) is 0 Å². The lowest BCUT2D eigenvalue weighted by molar-refractivity contribution is 0.0951. The maximum absolute atomic E-state index is 12.5. The van der Waals surface area contributed by atoms with Crippen molar-refractivity contribution in [3.05, 3.63) is 54.1 Å². The van der Waals surface area contributed by atoms with Gasteiger partial charge < -0.3 is 5.32 Å². The van der Waals surface area contributed by atoms with Gasteiger partial charge in [-0.2, -0.15) is 0 Å². The van der Waals surface area contributed by atoms with Gasteiger partial charge in [-0.15, -0.1) is 11.8 Å². The topological polar surface area (TPSA) is 75.3 Å². The Hall–Kier alpha value is -1.99. The molecule has 7 heteroatoms. The molecule has 0 aromatic heterocycles. The Morgan fingerprint density at radius 2 is 1.60 bits per heavy atom. The van der Waals surface area contributed by atoms with Crippen LogP contribution in [-0.2, 0) is 10.0 Å². The van der Waals surface area contributed by atoms with Gasteiger partial charge in [-0.05, 0) is 67.1 Å². The van der Waals surface area contributed by atoms with Crippen LogP contribution in [0.1, 0.15) is 55.3 Å². The van der Waals surface area contributed by atoms with E-state index in [0.717, 1.165) is 17.2 Å². The summed E-state index contributed by atoms with van der Waals surface area (Å²) in [6.45, 7) is 0.684. The first kappa shape index (κ1) is 22.7. The number of anilines is 1. The van der Waals surface area contributed by atoms with Crippen molar-refractivity contribution in [3.63, 3.8) is 0 Å². The molecule has 0 unspecified atom stereocenters. The zero-order chi connectivity index (χ0) is 21.4. The molecule has 2 aromatic carbocycles. The van der Waals surface area contributed by atoms with Gasteiger partial charge in [0.25, 0.3) is 15.9 Å². The maximum Gasteiger partial charge on any atom is 0.261 e. The molecule has 0 atom stereocenters. The highest BCUT2D eigenvalue weighted by molar-refractivity contribution is 7.98. The van der Waals surface area contributed by atoms with Crippen LogP contribution in [0.2, 0.25) is 0 Å². The maximum atomic E-state index is 12.5. The standard InChI is InChI=1S/C23H30N2O3S2/c1-29-21-12-14-22(15-13-21)30(27,28)25-20-10-8-19(9-11-20)23(26)24-17-16-18-6-4-2-3-5-7-18/h8-15,18,25H,2-7,16-17H2,1H3,(H,24,26). The highest BCUT2D eigenvalue weighted by Crippen LogP contribution is 2.25. The predicted molar refractivity (Wildman–Crippen MR) is 124 cm³/mol. The van der Waals surface area contributed by atoms with Crippen molar-refractivity contribution in [3.8, 4) is 0 Å². The SMILES string of the molecule is CSc1ccc(S(=O)(=O)Nc2ccc(C(=O)NCCC3CCCCCC3)cc2)cc1. The fraction of sp³-hybridized carbons (Fsp3) is 0.435. The number of sulfonamides is 1. The van der Waals surface area contributed by atoms with Crippen molar-refractivity contribution in [2.24, 2.45) is 5.92 Å². The molecule has 0 bridgehead atoms. The molecule has 1 saturated carbocycles. The average Bonchev–Trinajstić information content (AvgIpc) is 3.03. The number of rotatable bonds is 8. The highest BCUT2D eigenvalue weighted by atomic mass is 32.2. The summed E-state index contributed by atoms with van der Waals surface area (Å²) in [6.07, 6.45) is 10.8. The minimum absolute atomic E-state index is 0.120. The zero-order valence-electron chi connectivity index (χ0n) is 17.4. The Labute approximate surface area is 184 Å². The van der Waals surface area contributed by atoms with Gasteiger partial charge in [0, 0.05) is 22.7 Å². The van der Waals surface area contributed by atoms with Crippen LogP contribution in [0.15, 0.2) is 58.3 Å². The van der Waals surface area contributed by atoms with Crippen molar-refractivity contribution >= 4 is 33.4 Å². The van der Waals surface area contributed by atoms with E-state index in [1.54, 1.807) is 60.3 Å². The van der Waals surface area contributed by atoms with Crippen molar-refractivity contribution in [2.45, 2.75) is 54.7 Å². The summed E-state index contributed by atoms with van der Waals surface area (Å²) in [6, 6.07) is 13.3. The Balaban J connectivity index is 1.52. The van der Waals surface area contributed by atoms with Crippen LogP contribution in [0, 0.1) is 5.92 Å². The second-order valence-electron chi connectivity index (χ2n) is 7.76. The molecule has 0 spiro atoms. The van der Waals surface area contributed by atoms with E-state index in [2.05, 4.69) is 10.0 Å². The molecule has 3 rings (SSSR count). The van der Waals surface area contributed by atoms with E-state index in [-0.39, 0.29) is 10.8 Å². The molecule has 1 amide bonds. The van der Waals surface area contributed by atoms with Gasteiger partial charge in [-0.25, -0.2) is 8.42 Å². The molecule has 1 aliphatic rings. The van der Waals surface area contributed by atoms with E-state index in [1.807, 2.05) is 6.26 Å². The number of benzene rings is 2. The van der Waals surface area contributed by atoms with Gasteiger partial charge in [0.05, 0.1) is 4.90 Å². The summed E-state index contributed by atoms with van der Waals surface area (Å²) in [7, 11) is -3.66. The first-order valence-corrected chi connectivity index (χ1v) is 13.2. The normalized spacial score (nSPS) is 15.4. The summed E-state index contributed by atoms with van der Waals surface area (Å²) >= 11 is 1.56. The monoisotopic (exact) mass is 446 g/mol. The van der Waals surface area contributed by atoms with Crippen molar-refractivity contribution in [1.82, 2.24) is 5.32 Å². The third-order valence-electron chi connectivity index (χ3n) is 5.58. The van der Waals surface area contributed by atoms with E-state index < -0.39 is 10.0 Å². The fourth-order valence-corrected chi connectivity index (χ4v) is 5.27. The number of carbonyl (C=O) groups is 1. The third-order valence-corrected chi connectivity index (χ3v) is 7.72. The smallest absolute Gasteiger partial charge is 0.261 e.